The molecule has 0 radical (unpaired) electrons. The van der Waals surface area contributed by atoms with Crippen molar-refractivity contribution in [1.29, 1.82) is 0 Å². The van der Waals surface area contributed by atoms with Gasteiger partial charge in [-0.2, -0.15) is 4.98 Å². The third-order valence-corrected chi connectivity index (χ3v) is 3.62. The summed E-state index contributed by atoms with van der Waals surface area (Å²) < 4.78 is 3.23. The summed E-state index contributed by atoms with van der Waals surface area (Å²) in [5, 5.41) is 0. The molecule has 0 spiro atoms. The topological polar surface area (TPSA) is 65.1 Å². The molecule has 0 amide bonds. The van der Waals surface area contributed by atoms with Crippen molar-refractivity contribution >= 4 is 16.9 Å². The molecule has 1 aromatic carbocycles. The maximum absolute atomic E-state index is 12.8. The van der Waals surface area contributed by atoms with Crippen LogP contribution in [0.1, 0.15) is 11.1 Å². The van der Waals surface area contributed by atoms with Crippen molar-refractivity contribution in [1.82, 2.24) is 23.9 Å². The van der Waals surface area contributed by atoms with Crippen molar-refractivity contribution in [2.45, 2.75) is 13.8 Å². The highest BCUT2D eigenvalue weighted by atomic mass is 16.1. The van der Waals surface area contributed by atoms with Gasteiger partial charge >= 0.3 is 0 Å². The molecule has 0 atom stereocenters. The summed E-state index contributed by atoms with van der Waals surface area (Å²) in [5.74, 6) is 0.359. The van der Waals surface area contributed by atoms with Gasteiger partial charge in [-0.1, -0.05) is 17.7 Å². The van der Waals surface area contributed by atoms with Crippen LogP contribution in [-0.4, -0.2) is 23.9 Å². The molecule has 0 unspecified atom stereocenters. The molecule has 0 fully saturated rings. The summed E-state index contributed by atoms with van der Waals surface area (Å²) in [6, 6.07) is 7.91. The van der Waals surface area contributed by atoms with Gasteiger partial charge in [0.25, 0.3) is 5.56 Å². The molecule has 108 valence electrons. The maximum atomic E-state index is 12.8. The molecule has 6 nitrogen and oxygen atoms in total. The molecule has 0 N–H and O–H groups in total. The van der Waals surface area contributed by atoms with Crippen LogP contribution < -0.4 is 5.56 Å². The van der Waals surface area contributed by atoms with Crippen LogP contribution in [0.5, 0.6) is 0 Å². The Morgan fingerprint density at radius 1 is 1.00 bits per heavy atom. The van der Waals surface area contributed by atoms with Gasteiger partial charge in [-0.05, 0) is 31.5 Å². The molecule has 6 heteroatoms. The highest BCUT2D eigenvalue weighted by molar-refractivity contribution is 5.74. The van der Waals surface area contributed by atoms with E-state index in [1.165, 1.54) is 4.40 Å². The number of rotatable bonds is 1. The second-order valence-electron chi connectivity index (χ2n) is 5.34. The molecular formula is C16H13N5O. The van der Waals surface area contributed by atoms with Crippen molar-refractivity contribution in [2.24, 2.45) is 0 Å². The van der Waals surface area contributed by atoms with E-state index >= 15 is 0 Å². The lowest BCUT2D eigenvalue weighted by Gasteiger charge is -2.05. The number of hydrogen-bond donors (Lipinski definition) is 0. The molecule has 4 rings (SSSR count). The van der Waals surface area contributed by atoms with Gasteiger partial charge in [0, 0.05) is 18.1 Å². The summed E-state index contributed by atoms with van der Waals surface area (Å²) in [6.45, 7) is 3.91. The summed E-state index contributed by atoms with van der Waals surface area (Å²) in [6.07, 6.45) is 5.05. The maximum Gasteiger partial charge on any atom is 0.285 e. The Morgan fingerprint density at radius 2 is 1.77 bits per heavy atom. The van der Waals surface area contributed by atoms with E-state index in [-0.39, 0.29) is 5.56 Å². The van der Waals surface area contributed by atoms with Crippen LogP contribution >= 0.6 is 0 Å². The smallest absolute Gasteiger partial charge is 0.285 e. The molecule has 0 bridgehead atoms. The van der Waals surface area contributed by atoms with Crippen molar-refractivity contribution in [3.8, 4) is 5.69 Å². The van der Waals surface area contributed by atoms with Gasteiger partial charge in [0.2, 0.25) is 5.78 Å². The van der Waals surface area contributed by atoms with Crippen molar-refractivity contribution < 1.29 is 0 Å². The zero-order valence-electron chi connectivity index (χ0n) is 12.2. The number of aromatic nitrogens is 5. The SMILES string of the molecule is Cc1ccc(-n2cnc3nc4ncc(C)cn4c(=O)c32)cc1. The predicted octanol–water partition coefficient (Wildman–Crippen LogP) is 2.05. The fourth-order valence-electron chi connectivity index (χ4n) is 2.48. The summed E-state index contributed by atoms with van der Waals surface area (Å²) in [7, 11) is 0. The summed E-state index contributed by atoms with van der Waals surface area (Å²) in [4.78, 5) is 25.6. The minimum absolute atomic E-state index is 0.172. The molecule has 3 aromatic heterocycles. The average Bonchev–Trinajstić information content (AvgIpc) is 2.93. The Bertz CT molecular complexity index is 1060. The number of aryl methyl sites for hydroxylation is 2. The quantitative estimate of drug-likeness (QED) is 0.538. The van der Waals surface area contributed by atoms with Crippen molar-refractivity contribution in [3.63, 3.8) is 0 Å². The minimum atomic E-state index is -0.172. The lowest BCUT2D eigenvalue weighted by atomic mass is 10.2. The van der Waals surface area contributed by atoms with Crippen LogP contribution in [0, 0.1) is 13.8 Å². The van der Waals surface area contributed by atoms with Crippen LogP contribution in [0.2, 0.25) is 0 Å². The van der Waals surface area contributed by atoms with Crippen LogP contribution in [0.25, 0.3) is 22.6 Å². The Morgan fingerprint density at radius 3 is 2.55 bits per heavy atom. The second kappa shape index (κ2) is 4.49. The van der Waals surface area contributed by atoms with Crippen molar-refractivity contribution in [2.75, 3.05) is 0 Å². The molecule has 0 saturated carbocycles. The van der Waals surface area contributed by atoms with Gasteiger partial charge in [0.1, 0.15) is 6.33 Å². The third-order valence-electron chi connectivity index (χ3n) is 3.62. The Labute approximate surface area is 125 Å². The van der Waals surface area contributed by atoms with E-state index in [2.05, 4.69) is 15.0 Å². The predicted molar refractivity (Wildman–Crippen MR) is 83.4 cm³/mol. The normalized spacial score (nSPS) is 11.4. The number of imidazole rings is 1. The Balaban J connectivity index is 2.09. The number of nitrogens with zero attached hydrogens (tertiary/aromatic N) is 5. The molecule has 0 aliphatic heterocycles. The molecule has 4 aromatic rings. The zero-order chi connectivity index (χ0) is 15.3. The summed E-state index contributed by atoms with van der Waals surface area (Å²) >= 11 is 0. The lowest BCUT2D eigenvalue weighted by Crippen LogP contribution is -2.18. The van der Waals surface area contributed by atoms with E-state index in [1.807, 2.05) is 38.1 Å². The van der Waals surface area contributed by atoms with E-state index in [0.29, 0.717) is 16.9 Å². The average molecular weight is 291 g/mol. The molecular weight excluding hydrogens is 278 g/mol. The van der Waals surface area contributed by atoms with Crippen LogP contribution in [-0.2, 0) is 0 Å². The zero-order valence-corrected chi connectivity index (χ0v) is 12.2. The first-order chi connectivity index (χ1) is 10.6. The van der Waals surface area contributed by atoms with Crippen LogP contribution in [0.3, 0.4) is 0 Å². The lowest BCUT2D eigenvalue weighted by molar-refractivity contribution is 0.987. The van der Waals surface area contributed by atoms with Crippen molar-refractivity contribution in [3.05, 3.63) is 64.5 Å². The molecule has 0 aliphatic carbocycles. The number of benzene rings is 1. The third kappa shape index (κ3) is 1.81. The standard InChI is InChI=1S/C16H13N5O/c1-10-3-5-12(6-4-10)21-9-18-14-13(21)15(22)20-8-11(2)7-17-16(20)19-14/h3-9H,1-2H3. The fraction of sp³-hybridized carbons (Fsp3) is 0.125. The van der Waals surface area contributed by atoms with Gasteiger partial charge in [0.15, 0.2) is 11.2 Å². The van der Waals surface area contributed by atoms with Gasteiger partial charge in [-0.3, -0.25) is 9.36 Å². The van der Waals surface area contributed by atoms with E-state index in [1.54, 1.807) is 23.3 Å². The molecule has 0 saturated heterocycles. The van der Waals surface area contributed by atoms with E-state index in [4.69, 9.17) is 0 Å². The highest BCUT2D eigenvalue weighted by Gasteiger charge is 2.13. The van der Waals surface area contributed by atoms with Crippen LogP contribution in [0.15, 0.2) is 47.8 Å². The molecule has 3 heterocycles. The fourth-order valence-corrected chi connectivity index (χ4v) is 2.48. The minimum Gasteiger partial charge on any atom is -0.293 e. The van der Waals surface area contributed by atoms with Gasteiger partial charge in [-0.15, -0.1) is 0 Å². The van der Waals surface area contributed by atoms with Crippen LogP contribution in [0.4, 0.5) is 0 Å². The number of hydrogen-bond acceptors (Lipinski definition) is 4. The summed E-state index contributed by atoms with van der Waals surface area (Å²) in [5.41, 5.74) is 3.63. The van der Waals surface area contributed by atoms with Gasteiger partial charge in [-0.25, -0.2) is 14.4 Å². The Hall–Kier alpha value is -3.02. The molecule has 22 heavy (non-hydrogen) atoms. The largest absolute Gasteiger partial charge is 0.293 e. The first-order valence-corrected chi connectivity index (χ1v) is 6.92. The highest BCUT2D eigenvalue weighted by Crippen LogP contribution is 2.15. The first-order valence-electron chi connectivity index (χ1n) is 6.92. The van der Waals surface area contributed by atoms with E-state index < -0.39 is 0 Å². The first kappa shape index (κ1) is 12.7. The Kier molecular flexibility index (Phi) is 2.59. The van der Waals surface area contributed by atoms with Gasteiger partial charge < -0.3 is 0 Å². The van der Waals surface area contributed by atoms with Gasteiger partial charge in [0.05, 0.1) is 0 Å². The second-order valence-corrected chi connectivity index (χ2v) is 5.34. The molecule has 0 aliphatic rings. The number of fused-ring (bicyclic) bond motifs is 2. The van der Waals surface area contributed by atoms with E-state index in [0.717, 1.165) is 16.8 Å². The monoisotopic (exact) mass is 291 g/mol. The van der Waals surface area contributed by atoms with E-state index in [9.17, 15) is 4.79 Å².